The van der Waals surface area contributed by atoms with Crippen molar-refractivity contribution in [1.82, 2.24) is 19.5 Å². The summed E-state index contributed by atoms with van der Waals surface area (Å²) in [6.45, 7) is 1.57. The Morgan fingerprint density at radius 1 is 1.18 bits per heavy atom. The molecule has 1 aliphatic heterocycles. The summed E-state index contributed by atoms with van der Waals surface area (Å²) in [7, 11) is 1.63. The molecule has 28 heavy (non-hydrogen) atoms. The van der Waals surface area contributed by atoms with Gasteiger partial charge in [-0.2, -0.15) is 0 Å². The number of imidazole rings is 1. The van der Waals surface area contributed by atoms with E-state index in [-0.39, 0.29) is 24.9 Å². The second-order valence-electron chi connectivity index (χ2n) is 6.68. The molecule has 11 heteroatoms. The third-order valence-electron chi connectivity index (χ3n) is 4.87. The maximum absolute atomic E-state index is 6.19. The minimum Gasteiger partial charge on any atom is -0.382 e. The molecule has 2 aromatic heterocycles. The lowest BCUT2D eigenvalue weighted by atomic mass is 10.1. The van der Waals surface area contributed by atoms with E-state index < -0.39 is 6.23 Å². The van der Waals surface area contributed by atoms with Gasteiger partial charge in [0.15, 0.2) is 17.7 Å². The van der Waals surface area contributed by atoms with Crippen LogP contribution in [0.1, 0.15) is 31.9 Å². The number of thiol groups is 1. The van der Waals surface area contributed by atoms with Crippen LogP contribution in [0.4, 0.5) is 5.82 Å². The van der Waals surface area contributed by atoms with E-state index >= 15 is 0 Å². The number of ether oxygens (including phenoxy) is 3. The van der Waals surface area contributed by atoms with Gasteiger partial charge in [-0.15, -0.1) is 0 Å². The number of hydrogen-bond donors (Lipinski definition) is 3. The van der Waals surface area contributed by atoms with Crippen LogP contribution in [0.5, 0.6) is 0 Å². The van der Waals surface area contributed by atoms with Gasteiger partial charge in [-0.25, -0.2) is 15.0 Å². The first kappa shape index (κ1) is 21.2. The molecule has 0 aliphatic carbocycles. The van der Waals surface area contributed by atoms with E-state index in [0.717, 1.165) is 32.2 Å². The van der Waals surface area contributed by atoms with Crippen molar-refractivity contribution < 1.29 is 18.4 Å². The highest BCUT2D eigenvalue weighted by atomic mass is 32.1. The molecule has 0 spiro atoms. The molecule has 4 atom stereocenters. The number of anilines is 1. The number of nitrogens with two attached hydrogens (primary N) is 2. The summed E-state index contributed by atoms with van der Waals surface area (Å²) < 4.78 is 24.9. The Kier molecular flexibility index (Phi) is 7.82. The van der Waals surface area contributed by atoms with E-state index in [0.29, 0.717) is 23.6 Å². The zero-order chi connectivity index (χ0) is 19.9. The van der Waals surface area contributed by atoms with E-state index in [1.54, 1.807) is 18.0 Å². The van der Waals surface area contributed by atoms with Crippen LogP contribution in [-0.2, 0) is 18.4 Å². The molecule has 1 fully saturated rings. The lowest BCUT2D eigenvalue weighted by Gasteiger charge is -2.24. The number of rotatable bonds is 11. The lowest BCUT2D eigenvalue weighted by molar-refractivity contribution is -0.0726. The van der Waals surface area contributed by atoms with Gasteiger partial charge in [0.25, 0.3) is 0 Å². The summed E-state index contributed by atoms with van der Waals surface area (Å²) in [4.78, 5) is 12.6. The summed E-state index contributed by atoms with van der Waals surface area (Å²) in [6.07, 6.45) is 5.65. The fourth-order valence-electron chi connectivity index (χ4n) is 3.48. The van der Waals surface area contributed by atoms with Crippen LogP contribution in [0.3, 0.4) is 0 Å². The minimum absolute atomic E-state index is 0.262. The fourth-order valence-corrected chi connectivity index (χ4v) is 3.62. The van der Waals surface area contributed by atoms with Crippen molar-refractivity contribution in [2.45, 2.75) is 50.2 Å². The molecule has 1 saturated heterocycles. The third-order valence-corrected chi connectivity index (χ3v) is 5.02. The molecule has 0 amide bonds. The van der Waals surface area contributed by atoms with Crippen molar-refractivity contribution in [2.24, 2.45) is 5.73 Å². The Morgan fingerprint density at radius 2 is 2.00 bits per heavy atom. The largest absolute Gasteiger partial charge is 0.382 e. The Balaban J connectivity index is 1.78. The van der Waals surface area contributed by atoms with Gasteiger partial charge < -0.3 is 29.9 Å². The van der Waals surface area contributed by atoms with E-state index in [2.05, 4.69) is 27.9 Å². The van der Waals surface area contributed by atoms with Crippen molar-refractivity contribution in [2.75, 3.05) is 32.6 Å². The van der Waals surface area contributed by atoms with Crippen LogP contribution in [0.2, 0.25) is 0 Å². The van der Waals surface area contributed by atoms with Gasteiger partial charge in [0.2, 0.25) is 0 Å². The van der Waals surface area contributed by atoms with Gasteiger partial charge >= 0.3 is 0 Å². The summed E-state index contributed by atoms with van der Waals surface area (Å²) in [6, 6.07) is 0. The Bertz CT molecular complexity index is 748. The normalized spacial score (nSPS) is 25.0. The molecule has 10 nitrogen and oxygen atoms in total. The highest BCUT2D eigenvalue weighted by molar-refractivity contribution is 7.75. The van der Waals surface area contributed by atoms with Crippen LogP contribution >= 0.6 is 12.9 Å². The summed E-state index contributed by atoms with van der Waals surface area (Å²) in [5, 5.41) is 0. The Hall–Kier alpha value is -1.50. The van der Waals surface area contributed by atoms with E-state index in [1.165, 1.54) is 6.33 Å². The van der Waals surface area contributed by atoms with Crippen molar-refractivity contribution >= 4 is 29.9 Å². The monoisotopic (exact) mass is 412 g/mol. The highest BCUT2D eigenvalue weighted by Gasteiger charge is 2.47. The Labute approximate surface area is 169 Å². The number of hydrogen-bond acceptors (Lipinski definition) is 10. The number of aromatic nitrogens is 4. The molecular weight excluding hydrogens is 384 g/mol. The molecule has 0 radical (unpaired) electrons. The predicted molar refractivity (Wildman–Crippen MR) is 107 cm³/mol. The fraction of sp³-hybridized carbons (Fsp3) is 0.706. The van der Waals surface area contributed by atoms with Crippen LogP contribution < -0.4 is 11.5 Å². The average Bonchev–Trinajstić information content (AvgIpc) is 3.27. The number of unbranched alkanes of at least 4 members (excludes halogenated alkanes) is 3. The summed E-state index contributed by atoms with van der Waals surface area (Å²) >= 11 is 3.86. The number of nitrogens with zero attached hydrogens (tertiary/aromatic N) is 4. The van der Waals surface area contributed by atoms with E-state index in [9.17, 15) is 0 Å². The first-order chi connectivity index (χ1) is 13.7. The smallest absolute Gasteiger partial charge is 0.167 e. The molecule has 1 aliphatic rings. The molecule has 4 N–H and O–H groups in total. The predicted octanol–water partition coefficient (Wildman–Crippen LogP) is 1.09. The maximum atomic E-state index is 6.19. The van der Waals surface area contributed by atoms with Crippen molar-refractivity contribution in [3.63, 3.8) is 0 Å². The second kappa shape index (κ2) is 10.3. The van der Waals surface area contributed by atoms with Crippen molar-refractivity contribution in [1.29, 1.82) is 0 Å². The summed E-state index contributed by atoms with van der Waals surface area (Å²) in [5.74, 6) is 0.317. The minimum atomic E-state index is -0.484. The van der Waals surface area contributed by atoms with Gasteiger partial charge in [0.05, 0.1) is 12.9 Å². The highest BCUT2D eigenvalue weighted by Crippen LogP contribution is 2.35. The first-order valence-corrected chi connectivity index (χ1v) is 9.77. The van der Waals surface area contributed by atoms with E-state index in [1.807, 2.05) is 0 Å². The van der Waals surface area contributed by atoms with Crippen LogP contribution in [0.15, 0.2) is 12.7 Å². The number of nitrogen functional groups attached to an aromatic ring is 1. The van der Waals surface area contributed by atoms with E-state index in [4.69, 9.17) is 29.9 Å². The molecule has 3 heterocycles. The standard InChI is InChI=1S/C17H28N6O4S/c1-24-13-11(8-26-28)27-17(14(13)25-7-5-3-2-4-6-18)23-10-22-12-15(19)20-9-21-16(12)23/h9-11,13-14,17,28H,2-8,18H2,1H3,(H2,19,20,21)/t11-,13?,14?,17?/m1/s1. The molecule has 156 valence electrons. The molecular formula is C17H28N6O4S. The van der Waals surface area contributed by atoms with Crippen LogP contribution in [0, 0.1) is 0 Å². The zero-order valence-electron chi connectivity index (χ0n) is 15.9. The molecule has 2 aromatic rings. The summed E-state index contributed by atoms with van der Waals surface area (Å²) in [5.41, 5.74) is 12.6. The van der Waals surface area contributed by atoms with Gasteiger partial charge in [-0.3, -0.25) is 4.57 Å². The molecule has 0 saturated carbocycles. The van der Waals surface area contributed by atoms with Gasteiger partial charge in [-0.1, -0.05) is 12.8 Å². The lowest BCUT2D eigenvalue weighted by Crippen LogP contribution is -2.37. The molecule has 0 bridgehead atoms. The van der Waals surface area contributed by atoms with Crippen molar-refractivity contribution in [3.8, 4) is 0 Å². The van der Waals surface area contributed by atoms with Gasteiger partial charge in [0, 0.05) is 13.7 Å². The average molecular weight is 413 g/mol. The van der Waals surface area contributed by atoms with Gasteiger partial charge in [-0.05, 0) is 32.3 Å². The quantitative estimate of drug-likeness (QED) is 0.282. The molecule has 3 unspecified atom stereocenters. The van der Waals surface area contributed by atoms with Gasteiger partial charge in [0.1, 0.15) is 30.2 Å². The van der Waals surface area contributed by atoms with Crippen molar-refractivity contribution in [3.05, 3.63) is 12.7 Å². The van der Waals surface area contributed by atoms with Crippen LogP contribution in [-0.4, -0.2) is 64.7 Å². The second-order valence-corrected chi connectivity index (χ2v) is 6.94. The SMILES string of the molecule is COC1C(OCCCCCCN)C(n2cnc3c(N)ncnc32)O[C@@H]1COS. The number of methoxy groups -OCH3 is 1. The van der Waals surface area contributed by atoms with Crippen LogP contribution in [0.25, 0.3) is 11.2 Å². The maximum Gasteiger partial charge on any atom is 0.167 e. The first-order valence-electron chi connectivity index (χ1n) is 9.40. The topological polar surface area (TPSA) is 133 Å². The molecule has 3 rings (SSSR count). The third kappa shape index (κ3) is 4.56. The number of fused-ring (bicyclic) bond motifs is 1. The Morgan fingerprint density at radius 3 is 2.75 bits per heavy atom. The zero-order valence-corrected chi connectivity index (χ0v) is 16.8. The molecule has 0 aromatic carbocycles.